The van der Waals surface area contributed by atoms with Gasteiger partial charge in [0.15, 0.2) is 0 Å². The van der Waals surface area contributed by atoms with E-state index >= 15 is 0 Å². The number of hydrogen-bond acceptors (Lipinski definition) is 6. The van der Waals surface area contributed by atoms with E-state index in [9.17, 15) is 0 Å². The highest BCUT2D eigenvalue weighted by Gasteiger charge is 2.31. The molecule has 6 atom stereocenters. The zero-order valence-electron chi connectivity index (χ0n) is 16.2. The Hall–Kier alpha value is -0.240. The van der Waals surface area contributed by atoms with Crippen LogP contribution in [0.2, 0.25) is 0 Å². The van der Waals surface area contributed by atoms with E-state index in [0.29, 0.717) is 0 Å². The van der Waals surface area contributed by atoms with E-state index in [4.69, 9.17) is 28.4 Å². The van der Waals surface area contributed by atoms with Gasteiger partial charge in [-0.25, -0.2) is 0 Å². The normalized spacial score (nSPS) is 36.8. The second kappa shape index (κ2) is 12.2. The molecule has 6 heteroatoms. The zero-order chi connectivity index (χ0) is 17.9. The molecule has 0 heterocycles. The second-order valence-corrected chi connectivity index (χ2v) is 6.38. The molecule has 0 aromatic heterocycles. The fourth-order valence-electron chi connectivity index (χ4n) is 3.72. The molecule has 1 rings (SSSR count). The van der Waals surface area contributed by atoms with E-state index in [-0.39, 0.29) is 36.6 Å². The van der Waals surface area contributed by atoms with Crippen molar-refractivity contribution in [2.24, 2.45) is 0 Å². The van der Waals surface area contributed by atoms with E-state index in [0.717, 1.165) is 38.5 Å². The van der Waals surface area contributed by atoms with Crippen LogP contribution in [0.25, 0.3) is 0 Å². The van der Waals surface area contributed by atoms with E-state index in [2.05, 4.69) is 0 Å². The summed E-state index contributed by atoms with van der Waals surface area (Å²) in [5, 5.41) is 0. The summed E-state index contributed by atoms with van der Waals surface area (Å²) in [5.74, 6) is 0. The predicted octanol–water partition coefficient (Wildman–Crippen LogP) is 2.43. The SMILES string of the molecule is COC1CCC(OC)C(OC)CCC(OC)C(OC)CCC1OC. The Bertz CT molecular complexity index is 236. The van der Waals surface area contributed by atoms with Gasteiger partial charge in [-0.05, 0) is 38.5 Å². The standard InChI is InChI=1S/C18H36O6/c1-19-13-7-8-15(21-3)17(23-5)11-12-18(24-6)16(22-4)10-9-14(13)20-2/h13-18H,7-12H2,1-6H3. The van der Waals surface area contributed by atoms with Crippen molar-refractivity contribution in [3.63, 3.8) is 0 Å². The maximum absolute atomic E-state index is 5.69. The molecular weight excluding hydrogens is 312 g/mol. The Morgan fingerprint density at radius 2 is 0.458 bits per heavy atom. The van der Waals surface area contributed by atoms with Crippen LogP contribution in [-0.4, -0.2) is 79.3 Å². The van der Waals surface area contributed by atoms with Crippen molar-refractivity contribution in [2.45, 2.75) is 75.1 Å². The number of ether oxygens (including phenoxy) is 6. The summed E-state index contributed by atoms with van der Waals surface area (Å²) in [6.45, 7) is 0. The third-order valence-electron chi connectivity index (χ3n) is 5.27. The molecule has 1 aliphatic carbocycles. The minimum absolute atomic E-state index is 0.0306. The Morgan fingerprint density at radius 3 is 0.542 bits per heavy atom. The van der Waals surface area contributed by atoms with Crippen molar-refractivity contribution >= 4 is 0 Å². The first-order valence-corrected chi connectivity index (χ1v) is 8.81. The summed E-state index contributed by atoms with van der Waals surface area (Å²) in [7, 11) is 10.4. The van der Waals surface area contributed by atoms with Gasteiger partial charge in [0.1, 0.15) is 0 Å². The maximum atomic E-state index is 5.69. The van der Waals surface area contributed by atoms with Crippen LogP contribution >= 0.6 is 0 Å². The Morgan fingerprint density at radius 1 is 0.333 bits per heavy atom. The molecule has 0 radical (unpaired) electrons. The highest BCUT2D eigenvalue weighted by atomic mass is 16.5. The first-order valence-electron chi connectivity index (χ1n) is 8.81. The quantitative estimate of drug-likeness (QED) is 0.735. The maximum Gasteiger partial charge on any atom is 0.0833 e. The molecule has 24 heavy (non-hydrogen) atoms. The van der Waals surface area contributed by atoms with Crippen molar-refractivity contribution in [1.29, 1.82) is 0 Å². The summed E-state index contributed by atoms with van der Waals surface area (Å²) >= 11 is 0. The van der Waals surface area contributed by atoms with Crippen LogP contribution in [0.15, 0.2) is 0 Å². The number of rotatable bonds is 6. The minimum atomic E-state index is 0.0306. The van der Waals surface area contributed by atoms with Crippen molar-refractivity contribution in [1.82, 2.24) is 0 Å². The largest absolute Gasteiger partial charge is 0.379 e. The number of methoxy groups -OCH3 is 6. The van der Waals surface area contributed by atoms with E-state index in [1.54, 1.807) is 42.7 Å². The molecule has 0 aromatic carbocycles. The van der Waals surface area contributed by atoms with Crippen molar-refractivity contribution < 1.29 is 28.4 Å². The second-order valence-electron chi connectivity index (χ2n) is 6.38. The summed E-state index contributed by atoms with van der Waals surface area (Å²) in [6, 6.07) is 0. The van der Waals surface area contributed by atoms with Crippen LogP contribution in [-0.2, 0) is 28.4 Å². The number of hydrogen-bond donors (Lipinski definition) is 0. The highest BCUT2D eigenvalue weighted by molar-refractivity contribution is 4.82. The molecule has 6 unspecified atom stereocenters. The minimum Gasteiger partial charge on any atom is -0.379 e. The van der Waals surface area contributed by atoms with Crippen LogP contribution in [0.4, 0.5) is 0 Å². The van der Waals surface area contributed by atoms with Gasteiger partial charge in [-0.2, -0.15) is 0 Å². The van der Waals surface area contributed by atoms with Crippen molar-refractivity contribution in [3.8, 4) is 0 Å². The average molecular weight is 348 g/mol. The van der Waals surface area contributed by atoms with E-state index in [1.807, 2.05) is 0 Å². The highest BCUT2D eigenvalue weighted by Crippen LogP contribution is 2.25. The van der Waals surface area contributed by atoms with Gasteiger partial charge >= 0.3 is 0 Å². The Balaban J connectivity index is 2.95. The third-order valence-corrected chi connectivity index (χ3v) is 5.27. The lowest BCUT2D eigenvalue weighted by Gasteiger charge is -2.33. The monoisotopic (exact) mass is 348 g/mol. The third kappa shape index (κ3) is 6.24. The topological polar surface area (TPSA) is 55.4 Å². The lowest BCUT2D eigenvalue weighted by molar-refractivity contribution is -0.0961. The molecule has 0 amide bonds. The molecule has 144 valence electrons. The predicted molar refractivity (Wildman–Crippen MR) is 92.5 cm³/mol. The van der Waals surface area contributed by atoms with Crippen LogP contribution in [0.5, 0.6) is 0 Å². The fraction of sp³-hybridized carbons (Fsp3) is 1.00. The van der Waals surface area contributed by atoms with E-state index < -0.39 is 0 Å². The van der Waals surface area contributed by atoms with Crippen molar-refractivity contribution in [2.75, 3.05) is 42.7 Å². The Labute approximate surface area is 147 Å². The van der Waals surface area contributed by atoms with Crippen LogP contribution in [0.1, 0.15) is 38.5 Å². The average Bonchev–Trinajstić information content (AvgIpc) is 2.61. The van der Waals surface area contributed by atoms with Gasteiger partial charge in [-0.3, -0.25) is 0 Å². The first kappa shape index (κ1) is 21.8. The van der Waals surface area contributed by atoms with E-state index in [1.165, 1.54) is 0 Å². The van der Waals surface area contributed by atoms with Gasteiger partial charge in [0.05, 0.1) is 36.6 Å². The first-order chi connectivity index (χ1) is 11.6. The van der Waals surface area contributed by atoms with Gasteiger partial charge in [0, 0.05) is 42.7 Å². The Kier molecular flexibility index (Phi) is 11.1. The summed E-state index contributed by atoms with van der Waals surface area (Å²) in [6.07, 6.45) is 5.43. The summed E-state index contributed by atoms with van der Waals surface area (Å²) in [5.41, 5.74) is 0. The zero-order valence-corrected chi connectivity index (χ0v) is 16.2. The van der Waals surface area contributed by atoms with Gasteiger partial charge in [-0.1, -0.05) is 0 Å². The van der Waals surface area contributed by atoms with Gasteiger partial charge in [0.25, 0.3) is 0 Å². The molecule has 0 saturated heterocycles. The van der Waals surface area contributed by atoms with Gasteiger partial charge < -0.3 is 28.4 Å². The van der Waals surface area contributed by atoms with Gasteiger partial charge in [-0.15, -0.1) is 0 Å². The van der Waals surface area contributed by atoms with Crippen LogP contribution < -0.4 is 0 Å². The molecule has 6 nitrogen and oxygen atoms in total. The van der Waals surface area contributed by atoms with Crippen LogP contribution in [0, 0.1) is 0 Å². The lowest BCUT2D eigenvalue weighted by atomic mass is 9.92. The van der Waals surface area contributed by atoms with Crippen LogP contribution in [0.3, 0.4) is 0 Å². The molecular formula is C18H36O6. The van der Waals surface area contributed by atoms with Gasteiger partial charge in [0.2, 0.25) is 0 Å². The summed E-state index contributed by atoms with van der Waals surface area (Å²) < 4.78 is 34.1. The van der Waals surface area contributed by atoms with Crippen molar-refractivity contribution in [3.05, 3.63) is 0 Å². The molecule has 1 saturated carbocycles. The molecule has 0 aliphatic heterocycles. The molecule has 0 aromatic rings. The lowest BCUT2D eigenvalue weighted by Crippen LogP contribution is -2.39. The molecule has 0 spiro atoms. The fourth-order valence-corrected chi connectivity index (χ4v) is 3.72. The molecule has 1 fully saturated rings. The summed E-state index contributed by atoms with van der Waals surface area (Å²) in [4.78, 5) is 0. The molecule has 0 N–H and O–H groups in total. The molecule has 0 bridgehead atoms. The molecule has 1 aliphatic rings. The smallest absolute Gasteiger partial charge is 0.0833 e.